The highest BCUT2D eigenvalue weighted by Gasteiger charge is 2.93. The van der Waals surface area contributed by atoms with Crippen LogP contribution >= 0.6 is 43.2 Å². The van der Waals surface area contributed by atoms with E-state index in [1.54, 1.807) is 48.5 Å². The topological polar surface area (TPSA) is 186 Å². The van der Waals surface area contributed by atoms with E-state index >= 15 is 0 Å². The number of anilines is 2. The number of para-hydroxylation sites is 2. The molecule has 8 fully saturated rings. The van der Waals surface area contributed by atoms with Gasteiger partial charge in [0, 0.05) is 25.5 Å². The lowest BCUT2D eigenvalue weighted by Crippen LogP contribution is -2.80. The van der Waals surface area contributed by atoms with Gasteiger partial charge in [-0.3, -0.25) is 29.0 Å². The molecule has 10 aliphatic rings. The maximum absolute atomic E-state index is 15.0. The van der Waals surface area contributed by atoms with E-state index in [-0.39, 0.29) is 0 Å². The third-order valence-corrected chi connectivity index (χ3v) is 20.2. The van der Waals surface area contributed by atoms with Crippen LogP contribution < -0.4 is 10.6 Å². The smallest absolute Gasteiger partial charge is 0.266 e. The highest BCUT2D eigenvalue weighted by molar-refractivity contribution is 8.78. The number of carbonyl (C=O) groups excluding carboxylic acids is 4. The number of likely N-dealkylation sites (N-methyl/N-ethyl adjacent to an activating group) is 2. The molecule has 0 aliphatic carbocycles. The fourth-order valence-corrected chi connectivity index (χ4v) is 18.6. The van der Waals surface area contributed by atoms with Gasteiger partial charge in [0.15, 0.2) is 0 Å². The molecule has 4 amide bonds. The number of aliphatic hydroxyl groups excluding tert-OH is 4. The fraction of sp³-hybridized carbons (Fsp3) is 0.500. The molecule has 0 saturated carbocycles. The predicted molar refractivity (Wildman–Crippen MR) is 187 cm³/mol. The molecular formula is C32H32N6O8S4. The normalized spacial score (nSPS) is 45.5. The van der Waals surface area contributed by atoms with Gasteiger partial charge in [0.2, 0.25) is 19.5 Å². The molecule has 50 heavy (non-hydrogen) atoms. The fourth-order valence-electron chi connectivity index (χ4n) is 10.6. The molecule has 2 spiro atoms. The minimum Gasteiger partial charge on any atom is -0.389 e. The van der Waals surface area contributed by atoms with Crippen molar-refractivity contribution in [2.24, 2.45) is 0 Å². The quantitative estimate of drug-likeness (QED) is 0.231. The summed E-state index contributed by atoms with van der Waals surface area (Å²) in [6, 6.07) is 14.3. The van der Waals surface area contributed by atoms with Crippen molar-refractivity contribution in [2.75, 3.05) is 24.7 Å². The Balaban J connectivity index is 1.33. The zero-order valence-electron chi connectivity index (χ0n) is 26.9. The number of fused-ring (bicyclic) bond motifs is 11. The summed E-state index contributed by atoms with van der Waals surface area (Å²) >= 11 is 0. The Labute approximate surface area is 301 Å². The van der Waals surface area contributed by atoms with E-state index in [1.807, 2.05) is 0 Å². The number of carbonyl (C=O) groups is 4. The van der Waals surface area contributed by atoms with Crippen LogP contribution in [-0.2, 0) is 30.0 Å². The lowest BCUT2D eigenvalue weighted by molar-refractivity contribution is -0.172. The summed E-state index contributed by atoms with van der Waals surface area (Å²) in [4.78, 5) is 57.4. The summed E-state index contributed by atoms with van der Waals surface area (Å²) in [6.07, 6.45) is -8.45. The predicted octanol–water partition coefficient (Wildman–Crippen LogP) is 0.0526. The lowest BCUT2D eigenvalue weighted by atomic mass is 9.52. The molecule has 18 heteroatoms. The van der Waals surface area contributed by atoms with Gasteiger partial charge in [-0.25, -0.2) is 0 Å². The van der Waals surface area contributed by atoms with E-state index in [2.05, 4.69) is 10.6 Å². The molecule has 4 bridgehead atoms. The Hall–Kier alpha value is -2.84. The highest BCUT2D eigenvalue weighted by atomic mass is 33.1. The standard InChI is InChI=1S/C32H32N6O8S4/c1-13(39)29-25(45)37-21-27(15-9-5-7-11-17(15)33-21,19(41)31(37,49-47-29)23(43)35(29)3)28-16-10-6-8-12-18(16)34-22(28)38-26(46)30(14(2)40)36(4)24(44)32(38,20(28)42)50-48-30/h5-14,19-22,33-34,39-42H,1-4H3/t13-,14+,19-,20-,21+,22+,27+,28+,29+,30-,31+,32-/m0/s1. The van der Waals surface area contributed by atoms with E-state index in [1.165, 1.54) is 47.5 Å². The largest absolute Gasteiger partial charge is 0.389 e. The summed E-state index contributed by atoms with van der Waals surface area (Å²) in [5.74, 6) is -2.37. The van der Waals surface area contributed by atoms with Gasteiger partial charge in [0.05, 0.1) is 23.0 Å². The second kappa shape index (κ2) is 9.20. The first-order valence-electron chi connectivity index (χ1n) is 16.1. The van der Waals surface area contributed by atoms with Gasteiger partial charge in [-0.15, -0.1) is 0 Å². The number of hydrogen-bond acceptors (Lipinski definition) is 14. The first kappa shape index (κ1) is 31.9. The molecule has 14 nitrogen and oxygen atoms in total. The maximum Gasteiger partial charge on any atom is 0.266 e. The number of piperazine rings is 2. The van der Waals surface area contributed by atoms with Crippen LogP contribution in [0.4, 0.5) is 11.4 Å². The van der Waals surface area contributed by atoms with Gasteiger partial charge in [-0.05, 0) is 80.3 Å². The van der Waals surface area contributed by atoms with E-state index in [4.69, 9.17) is 0 Å². The van der Waals surface area contributed by atoms with E-state index in [0.29, 0.717) is 22.5 Å². The molecule has 0 radical (unpaired) electrons. The van der Waals surface area contributed by atoms with Gasteiger partial charge >= 0.3 is 0 Å². The van der Waals surface area contributed by atoms with Crippen molar-refractivity contribution >= 4 is 78.2 Å². The SMILES string of the molecule is C[C@H](O)[C@]12SS[C@@]3(C(=O)N1C)[C@@H](O)[C@]1([C@@]45c6ccccc6N[C@@H]4N4C(=O)[C@]6([C@@H](C)O)SS[C@]4(C(=O)N6C)[C@H]5O)c4ccccc4N[C@@H]1N3C2=O. The Morgan fingerprint density at radius 2 is 0.980 bits per heavy atom. The van der Waals surface area contributed by atoms with Gasteiger partial charge in [0.1, 0.15) is 24.5 Å². The molecule has 6 N–H and O–H groups in total. The number of nitrogens with one attached hydrogen (secondary N) is 2. The van der Waals surface area contributed by atoms with Gasteiger partial charge in [-0.1, -0.05) is 36.4 Å². The van der Waals surface area contributed by atoms with Crippen LogP contribution in [0.25, 0.3) is 0 Å². The van der Waals surface area contributed by atoms with Crippen molar-refractivity contribution in [3.63, 3.8) is 0 Å². The molecule has 0 aromatic heterocycles. The highest BCUT2D eigenvalue weighted by Crippen LogP contribution is 2.78. The molecule has 0 unspecified atom stereocenters. The summed E-state index contributed by atoms with van der Waals surface area (Å²) in [5, 5.41) is 56.0. The van der Waals surface area contributed by atoms with Gasteiger partial charge < -0.3 is 40.9 Å². The summed E-state index contributed by atoms with van der Waals surface area (Å²) in [6.45, 7) is 2.90. The number of rotatable bonds is 3. The third-order valence-electron chi connectivity index (χ3n) is 12.7. The van der Waals surface area contributed by atoms with Crippen molar-refractivity contribution in [3.8, 4) is 0 Å². The van der Waals surface area contributed by atoms with E-state index < -0.39 is 90.7 Å². The van der Waals surface area contributed by atoms with Gasteiger partial charge in [0.25, 0.3) is 23.6 Å². The third kappa shape index (κ3) is 2.65. The van der Waals surface area contributed by atoms with Crippen molar-refractivity contribution in [2.45, 2.75) is 80.9 Å². The second-order valence-corrected chi connectivity index (χ2v) is 19.4. The van der Waals surface area contributed by atoms with Gasteiger partial charge in [-0.2, -0.15) is 0 Å². The van der Waals surface area contributed by atoms with Crippen LogP contribution in [0.15, 0.2) is 48.5 Å². The van der Waals surface area contributed by atoms with E-state index in [9.17, 15) is 39.6 Å². The number of hydrogen-bond donors (Lipinski definition) is 6. The Kier molecular flexibility index (Phi) is 5.86. The van der Waals surface area contributed by atoms with Crippen LogP contribution in [0.5, 0.6) is 0 Å². The van der Waals surface area contributed by atoms with E-state index in [0.717, 1.165) is 43.2 Å². The molecular weight excluding hydrogens is 725 g/mol. The number of amides is 4. The van der Waals surface area contributed by atoms with Crippen LogP contribution in [0.2, 0.25) is 0 Å². The Morgan fingerprint density at radius 3 is 1.34 bits per heavy atom. The van der Waals surface area contributed by atoms with Crippen molar-refractivity contribution < 1.29 is 39.6 Å². The van der Waals surface area contributed by atoms with Crippen LogP contribution in [0.1, 0.15) is 25.0 Å². The van der Waals surface area contributed by atoms with Crippen LogP contribution in [-0.4, -0.2) is 134 Å². The molecule has 12 atom stereocenters. The Morgan fingerprint density at radius 1 is 0.620 bits per heavy atom. The van der Waals surface area contributed by atoms with Crippen molar-refractivity contribution in [1.29, 1.82) is 0 Å². The van der Waals surface area contributed by atoms with Crippen LogP contribution in [0, 0.1) is 0 Å². The molecule has 12 rings (SSSR count). The van der Waals surface area contributed by atoms with Crippen molar-refractivity contribution in [3.05, 3.63) is 59.7 Å². The molecule has 262 valence electrons. The zero-order valence-corrected chi connectivity index (χ0v) is 30.2. The second-order valence-electron chi connectivity index (χ2n) is 14.3. The molecule has 10 heterocycles. The lowest BCUT2D eigenvalue weighted by Gasteiger charge is -2.59. The first-order chi connectivity index (χ1) is 23.7. The minimum atomic E-state index is -1.93. The summed E-state index contributed by atoms with van der Waals surface area (Å²) in [7, 11) is 6.94. The average molecular weight is 757 g/mol. The Bertz CT molecular complexity index is 1870. The molecule has 2 aromatic carbocycles. The first-order valence-corrected chi connectivity index (χ1v) is 20.4. The average Bonchev–Trinajstić information content (AvgIpc) is 3.74. The zero-order chi connectivity index (χ0) is 35.3. The number of benzene rings is 2. The minimum absolute atomic E-state index is 0.495. The summed E-state index contributed by atoms with van der Waals surface area (Å²) in [5.41, 5.74) is -1.52. The molecule has 10 aliphatic heterocycles. The number of nitrogens with zero attached hydrogens (tertiary/aromatic N) is 4. The maximum atomic E-state index is 15.0. The molecule has 2 aromatic rings. The number of aliphatic hydroxyl groups is 4. The van der Waals surface area contributed by atoms with Crippen LogP contribution in [0.3, 0.4) is 0 Å². The monoisotopic (exact) mass is 756 g/mol. The molecule has 8 saturated heterocycles. The van der Waals surface area contributed by atoms with Crippen molar-refractivity contribution in [1.82, 2.24) is 19.6 Å². The summed E-state index contributed by atoms with van der Waals surface area (Å²) < 4.78 is 0.